The maximum Gasteiger partial charge on any atom is 0.254 e. The normalized spacial score (nSPS) is 19.7. The van der Waals surface area contributed by atoms with E-state index < -0.39 is 0 Å². The van der Waals surface area contributed by atoms with E-state index in [4.69, 9.17) is 5.11 Å². The van der Waals surface area contributed by atoms with Gasteiger partial charge in [0, 0.05) is 29.2 Å². The Labute approximate surface area is 113 Å². The minimum Gasteiger partial charge on any atom is -0.396 e. The van der Waals surface area contributed by atoms with Crippen LogP contribution in [-0.2, 0) is 0 Å². The van der Waals surface area contributed by atoms with Gasteiger partial charge in [-0.3, -0.25) is 4.79 Å². The fraction of sp³-hybridized carbons (Fsp3) is 0.417. The Morgan fingerprint density at radius 3 is 2.94 bits per heavy atom. The minimum absolute atomic E-state index is 0.0784. The molecule has 1 atom stereocenters. The van der Waals surface area contributed by atoms with Gasteiger partial charge in [0.2, 0.25) is 0 Å². The second kappa shape index (κ2) is 5.30. The van der Waals surface area contributed by atoms with E-state index in [2.05, 4.69) is 0 Å². The Morgan fingerprint density at radius 2 is 2.35 bits per heavy atom. The average Bonchev–Trinajstić information content (AvgIpc) is 2.76. The van der Waals surface area contributed by atoms with Gasteiger partial charge in [-0.05, 0) is 47.2 Å². The first-order valence-electron chi connectivity index (χ1n) is 5.47. The molecule has 0 bridgehead atoms. The maximum absolute atomic E-state index is 12.9. The van der Waals surface area contributed by atoms with Crippen LogP contribution in [0.2, 0.25) is 0 Å². The molecule has 92 valence electrons. The minimum atomic E-state index is -0.333. The lowest BCUT2D eigenvalue weighted by Crippen LogP contribution is -2.29. The Kier molecular flexibility index (Phi) is 3.98. The van der Waals surface area contributed by atoms with Gasteiger partial charge in [0.05, 0.1) is 5.56 Å². The Balaban J connectivity index is 2.15. The second-order valence-corrected chi connectivity index (χ2v) is 5.37. The topological polar surface area (TPSA) is 40.5 Å². The number of aliphatic hydroxyl groups is 1. The third kappa shape index (κ3) is 2.77. The van der Waals surface area contributed by atoms with Gasteiger partial charge in [-0.1, -0.05) is 0 Å². The molecule has 1 heterocycles. The lowest BCUT2D eigenvalue weighted by atomic mass is 10.1. The molecule has 0 aliphatic carbocycles. The van der Waals surface area contributed by atoms with Crippen molar-refractivity contribution in [1.82, 2.24) is 4.90 Å². The largest absolute Gasteiger partial charge is 0.396 e. The molecule has 1 aromatic rings. The predicted octanol–water partition coefficient (Wildman–Crippen LogP) is 1.88. The lowest BCUT2D eigenvalue weighted by molar-refractivity contribution is 0.0781. The Hall–Kier alpha value is -0.690. The molecule has 5 heteroatoms. The van der Waals surface area contributed by atoms with Crippen molar-refractivity contribution in [2.75, 3.05) is 19.7 Å². The molecule has 1 saturated heterocycles. The van der Waals surface area contributed by atoms with E-state index in [9.17, 15) is 9.18 Å². The summed E-state index contributed by atoms with van der Waals surface area (Å²) >= 11 is 1.97. The fourth-order valence-electron chi connectivity index (χ4n) is 2.00. The number of hydrogen-bond acceptors (Lipinski definition) is 2. The fourth-order valence-corrected chi connectivity index (χ4v) is 2.71. The highest BCUT2D eigenvalue weighted by atomic mass is 127. The Morgan fingerprint density at radius 1 is 1.59 bits per heavy atom. The number of carbonyl (C=O) groups is 1. The van der Waals surface area contributed by atoms with E-state index in [1.165, 1.54) is 18.2 Å². The third-order valence-electron chi connectivity index (χ3n) is 2.99. The van der Waals surface area contributed by atoms with Crippen LogP contribution >= 0.6 is 22.6 Å². The summed E-state index contributed by atoms with van der Waals surface area (Å²) in [5.41, 5.74) is 0.533. The van der Waals surface area contributed by atoms with Crippen LogP contribution in [0.25, 0.3) is 0 Å². The number of halogens is 2. The van der Waals surface area contributed by atoms with Crippen LogP contribution in [0.1, 0.15) is 16.8 Å². The highest BCUT2D eigenvalue weighted by molar-refractivity contribution is 14.1. The number of amides is 1. The summed E-state index contributed by atoms with van der Waals surface area (Å²) in [6, 6.07) is 4.17. The first kappa shape index (κ1) is 12.8. The smallest absolute Gasteiger partial charge is 0.254 e. The molecule has 17 heavy (non-hydrogen) atoms. The van der Waals surface area contributed by atoms with E-state index in [1.807, 2.05) is 22.6 Å². The standard InChI is InChI=1S/C12H13FINO2/c13-9-1-2-10(11(14)5-9)12(17)15-4-3-8(6-15)7-16/h1-2,5,8,16H,3-4,6-7H2. The van der Waals surface area contributed by atoms with Gasteiger partial charge in [0.25, 0.3) is 5.91 Å². The van der Waals surface area contributed by atoms with Crippen LogP contribution in [0.5, 0.6) is 0 Å². The average molecular weight is 349 g/mol. The molecular weight excluding hydrogens is 336 g/mol. The van der Waals surface area contributed by atoms with Crippen LogP contribution < -0.4 is 0 Å². The number of benzene rings is 1. The summed E-state index contributed by atoms with van der Waals surface area (Å²) in [4.78, 5) is 13.9. The SMILES string of the molecule is O=C(c1ccc(F)cc1I)N1CCC(CO)C1. The summed E-state index contributed by atoms with van der Waals surface area (Å²) in [5.74, 6) is -0.233. The van der Waals surface area contributed by atoms with Crippen LogP contribution in [-0.4, -0.2) is 35.6 Å². The number of rotatable bonds is 2. The summed E-state index contributed by atoms with van der Waals surface area (Å²) < 4.78 is 13.6. The molecule has 1 fully saturated rings. The quantitative estimate of drug-likeness (QED) is 0.829. The molecule has 3 nitrogen and oxygen atoms in total. The van der Waals surface area contributed by atoms with Crippen molar-refractivity contribution in [3.05, 3.63) is 33.1 Å². The van der Waals surface area contributed by atoms with E-state index in [-0.39, 0.29) is 24.2 Å². The summed E-state index contributed by atoms with van der Waals surface area (Å²) in [6.45, 7) is 1.37. The molecule has 0 spiro atoms. The van der Waals surface area contributed by atoms with Crippen molar-refractivity contribution >= 4 is 28.5 Å². The molecular formula is C12H13FINO2. The number of aliphatic hydroxyl groups excluding tert-OH is 1. The highest BCUT2D eigenvalue weighted by Crippen LogP contribution is 2.21. The number of nitrogens with zero attached hydrogens (tertiary/aromatic N) is 1. The Bertz CT molecular complexity index is 439. The zero-order valence-electron chi connectivity index (χ0n) is 9.20. The predicted molar refractivity (Wildman–Crippen MR) is 70.2 cm³/mol. The van der Waals surface area contributed by atoms with Crippen molar-refractivity contribution in [2.45, 2.75) is 6.42 Å². The van der Waals surface area contributed by atoms with Crippen LogP contribution in [0.3, 0.4) is 0 Å². The summed E-state index contributed by atoms with van der Waals surface area (Å²) in [6.07, 6.45) is 0.833. The van der Waals surface area contributed by atoms with Crippen molar-refractivity contribution in [3.8, 4) is 0 Å². The van der Waals surface area contributed by atoms with Crippen LogP contribution in [0.15, 0.2) is 18.2 Å². The van der Waals surface area contributed by atoms with Crippen LogP contribution in [0.4, 0.5) is 4.39 Å². The summed E-state index contributed by atoms with van der Waals surface area (Å²) in [7, 11) is 0. The van der Waals surface area contributed by atoms with E-state index in [1.54, 1.807) is 4.90 Å². The van der Waals surface area contributed by atoms with Gasteiger partial charge >= 0.3 is 0 Å². The molecule has 0 aromatic heterocycles. The summed E-state index contributed by atoms with van der Waals surface area (Å²) in [5, 5.41) is 9.04. The molecule has 1 N–H and O–H groups in total. The number of likely N-dealkylation sites (tertiary alicyclic amines) is 1. The van der Waals surface area contributed by atoms with Gasteiger partial charge in [-0.15, -0.1) is 0 Å². The monoisotopic (exact) mass is 349 g/mol. The molecule has 2 rings (SSSR count). The van der Waals surface area contributed by atoms with Crippen LogP contribution in [0, 0.1) is 15.3 Å². The van der Waals surface area contributed by atoms with Crippen molar-refractivity contribution in [1.29, 1.82) is 0 Å². The zero-order valence-corrected chi connectivity index (χ0v) is 11.4. The zero-order chi connectivity index (χ0) is 12.4. The number of carbonyl (C=O) groups excluding carboxylic acids is 1. The van der Waals surface area contributed by atoms with Crippen molar-refractivity contribution in [2.24, 2.45) is 5.92 Å². The van der Waals surface area contributed by atoms with Gasteiger partial charge in [0.1, 0.15) is 5.82 Å². The molecule has 0 radical (unpaired) electrons. The molecule has 1 aliphatic heterocycles. The second-order valence-electron chi connectivity index (χ2n) is 4.21. The molecule has 1 unspecified atom stereocenters. The molecule has 1 aromatic carbocycles. The molecule has 0 saturated carbocycles. The first-order valence-corrected chi connectivity index (χ1v) is 6.55. The van der Waals surface area contributed by atoms with E-state index in [0.717, 1.165) is 6.42 Å². The lowest BCUT2D eigenvalue weighted by Gasteiger charge is -2.17. The van der Waals surface area contributed by atoms with Gasteiger partial charge in [0.15, 0.2) is 0 Å². The van der Waals surface area contributed by atoms with Crippen molar-refractivity contribution in [3.63, 3.8) is 0 Å². The number of hydrogen-bond donors (Lipinski definition) is 1. The molecule has 1 amide bonds. The molecule has 1 aliphatic rings. The maximum atomic E-state index is 12.9. The van der Waals surface area contributed by atoms with Gasteiger partial charge in [-0.25, -0.2) is 4.39 Å². The van der Waals surface area contributed by atoms with Crippen molar-refractivity contribution < 1.29 is 14.3 Å². The van der Waals surface area contributed by atoms with Gasteiger partial charge < -0.3 is 10.0 Å². The third-order valence-corrected chi connectivity index (χ3v) is 3.89. The first-order chi connectivity index (χ1) is 8.11. The van der Waals surface area contributed by atoms with Gasteiger partial charge in [-0.2, -0.15) is 0 Å². The van der Waals surface area contributed by atoms with E-state index in [0.29, 0.717) is 22.2 Å². The highest BCUT2D eigenvalue weighted by Gasteiger charge is 2.27. The van der Waals surface area contributed by atoms with E-state index >= 15 is 0 Å².